The van der Waals surface area contributed by atoms with Crippen LogP contribution in [-0.2, 0) is 0 Å². The fourth-order valence-electron chi connectivity index (χ4n) is 1.79. The van der Waals surface area contributed by atoms with Crippen molar-refractivity contribution < 1.29 is 4.39 Å². The molecule has 2 atom stereocenters. The molecule has 1 heterocycles. The summed E-state index contributed by atoms with van der Waals surface area (Å²) in [5.41, 5.74) is 1.59. The van der Waals surface area contributed by atoms with Crippen LogP contribution in [0.5, 0.6) is 0 Å². The fourth-order valence-corrected chi connectivity index (χ4v) is 2.65. The van der Waals surface area contributed by atoms with Gasteiger partial charge in [0, 0.05) is 6.04 Å². The second-order valence-corrected chi connectivity index (χ2v) is 5.39. The molecule has 0 saturated carbocycles. The van der Waals surface area contributed by atoms with Crippen molar-refractivity contribution in [2.45, 2.75) is 26.1 Å². The summed E-state index contributed by atoms with van der Waals surface area (Å²) in [6.07, 6.45) is 0.302. The molecule has 0 aliphatic heterocycles. The van der Waals surface area contributed by atoms with Crippen LogP contribution in [0.25, 0.3) is 0 Å². The Morgan fingerprint density at radius 2 is 1.84 bits per heavy atom. The van der Waals surface area contributed by atoms with Gasteiger partial charge in [0.15, 0.2) is 0 Å². The Hall–Kier alpha value is -1.24. The van der Waals surface area contributed by atoms with Crippen LogP contribution >= 0.6 is 22.6 Å². The highest BCUT2D eigenvalue weighted by molar-refractivity contribution is 14.1. The maximum Gasteiger partial charge on any atom is 0.143 e. The third-order valence-electron chi connectivity index (χ3n) is 2.85. The van der Waals surface area contributed by atoms with E-state index in [0.29, 0.717) is 11.5 Å². The predicted molar refractivity (Wildman–Crippen MR) is 82.8 cm³/mol. The van der Waals surface area contributed by atoms with E-state index < -0.39 is 6.17 Å². The highest BCUT2D eigenvalue weighted by Gasteiger charge is 2.15. The summed E-state index contributed by atoms with van der Waals surface area (Å²) in [5, 5.41) is 3.30. The molecule has 0 aliphatic rings. The Labute approximate surface area is 125 Å². The smallest absolute Gasteiger partial charge is 0.143 e. The van der Waals surface area contributed by atoms with E-state index in [4.69, 9.17) is 0 Å². The highest BCUT2D eigenvalue weighted by Crippen LogP contribution is 2.27. The Bertz CT molecular complexity index is 546. The number of alkyl halides is 1. The quantitative estimate of drug-likeness (QED) is 0.816. The summed E-state index contributed by atoms with van der Waals surface area (Å²) in [7, 11) is 0. The zero-order valence-corrected chi connectivity index (χ0v) is 12.9. The van der Waals surface area contributed by atoms with Crippen LogP contribution < -0.4 is 5.32 Å². The summed E-state index contributed by atoms with van der Waals surface area (Å²) >= 11 is 2.08. The monoisotopic (exact) mass is 371 g/mol. The first-order valence-corrected chi connectivity index (χ1v) is 7.13. The average molecular weight is 371 g/mol. The van der Waals surface area contributed by atoms with Crippen LogP contribution in [-0.4, -0.2) is 9.97 Å². The third-order valence-corrected chi connectivity index (χ3v) is 3.91. The third kappa shape index (κ3) is 3.40. The Morgan fingerprint density at radius 3 is 2.47 bits per heavy atom. The van der Waals surface area contributed by atoms with Gasteiger partial charge < -0.3 is 5.32 Å². The van der Waals surface area contributed by atoms with Crippen molar-refractivity contribution >= 4 is 28.4 Å². The first-order valence-electron chi connectivity index (χ1n) is 6.05. The molecule has 0 radical (unpaired) electrons. The number of rotatable bonds is 4. The number of hydrogen-bond donors (Lipinski definition) is 1. The van der Waals surface area contributed by atoms with Gasteiger partial charge in [-0.25, -0.2) is 14.4 Å². The second-order valence-electron chi connectivity index (χ2n) is 4.31. The van der Waals surface area contributed by atoms with Crippen LogP contribution in [0.2, 0.25) is 0 Å². The number of nitrogens with one attached hydrogen (secondary N) is 1. The molecular weight excluding hydrogens is 356 g/mol. The van der Waals surface area contributed by atoms with Crippen molar-refractivity contribution in [2.75, 3.05) is 5.32 Å². The number of halogens is 2. The minimum atomic E-state index is -1.09. The van der Waals surface area contributed by atoms with E-state index in [-0.39, 0.29) is 6.04 Å². The van der Waals surface area contributed by atoms with Crippen LogP contribution in [0.4, 0.5) is 10.2 Å². The standard InChI is InChI=1S/C14H15FIN3/c1-9(15)13-12(16)14(18-8-17-13)19-10(2)11-6-4-3-5-7-11/h3-10H,1-2H3,(H,17,18,19). The lowest BCUT2D eigenvalue weighted by molar-refractivity contribution is 0.363. The molecule has 5 heteroatoms. The first-order chi connectivity index (χ1) is 9.09. The largest absolute Gasteiger partial charge is 0.363 e. The summed E-state index contributed by atoms with van der Waals surface area (Å²) in [4.78, 5) is 8.18. The van der Waals surface area contributed by atoms with Gasteiger partial charge in [0.1, 0.15) is 18.3 Å². The lowest BCUT2D eigenvalue weighted by Gasteiger charge is -2.17. The molecule has 100 valence electrons. The number of nitrogens with zero attached hydrogens (tertiary/aromatic N) is 2. The highest BCUT2D eigenvalue weighted by atomic mass is 127. The molecule has 0 saturated heterocycles. The van der Waals surface area contributed by atoms with Crippen LogP contribution in [0.3, 0.4) is 0 Å². The molecule has 2 aromatic rings. The van der Waals surface area contributed by atoms with Gasteiger partial charge in [-0.05, 0) is 42.0 Å². The first kappa shape index (κ1) is 14.2. The summed E-state index contributed by atoms with van der Waals surface area (Å²) in [5.74, 6) is 0.673. The Kier molecular flexibility index (Phi) is 4.68. The van der Waals surface area contributed by atoms with Crippen LogP contribution in [0.15, 0.2) is 36.7 Å². The van der Waals surface area contributed by atoms with Crippen molar-refractivity contribution in [3.05, 3.63) is 51.5 Å². The number of benzene rings is 1. The molecule has 2 rings (SSSR count). The predicted octanol–water partition coefficient (Wildman–Crippen LogP) is 4.28. The Balaban J connectivity index is 2.22. The van der Waals surface area contributed by atoms with Crippen molar-refractivity contribution in [2.24, 2.45) is 0 Å². The SMILES string of the molecule is CC(F)c1ncnc(NC(C)c2ccccc2)c1I. The van der Waals surface area contributed by atoms with Crippen LogP contribution in [0, 0.1) is 3.57 Å². The second kappa shape index (κ2) is 6.27. The average Bonchev–Trinajstić information content (AvgIpc) is 2.41. The van der Waals surface area contributed by atoms with Crippen LogP contribution in [0.1, 0.15) is 37.3 Å². The van der Waals surface area contributed by atoms with Gasteiger partial charge in [-0.15, -0.1) is 0 Å². The number of hydrogen-bond acceptors (Lipinski definition) is 3. The van der Waals surface area contributed by atoms with E-state index in [1.54, 1.807) is 0 Å². The number of aromatic nitrogens is 2. The lowest BCUT2D eigenvalue weighted by atomic mass is 10.1. The Morgan fingerprint density at radius 1 is 1.16 bits per heavy atom. The molecule has 1 aromatic heterocycles. The van der Waals surface area contributed by atoms with Crippen molar-refractivity contribution in [1.82, 2.24) is 9.97 Å². The van der Waals surface area contributed by atoms with Crippen molar-refractivity contribution in [1.29, 1.82) is 0 Å². The molecule has 0 bridgehead atoms. The van der Waals surface area contributed by atoms with Gasteiger partial charge in [0.05, 0.1) is 9.26 Å². The zero-order valence-electron chi connectivity index (χ0n) is 10.8. The van der Waals surface area contributed by atoms with Gasteiger partial charge in [-0.1, -0.05) is 30.3 Å². The molecule has 1 aromatic carbocycles. The minimum Gasteiger partial charge on any atom is -0.363 e. The molecule has 0 spiro atoms. The van der Waals surface area contributed by atoms with Gasteiger partial charge in [-0.3, -0.25) is 0 Å². The van der Waals surface area contributed by atoms with Gasteiger partial charge in [0.25, 0.3) is 0 Å². The maximum absolute atomic E-state index is 13.4. The molecule has 0 amide bonds. The summed E-state index contributed by atoms with van der Waals surface area (Å²) < 4.78 is 14.1. The van der Waals surface area contributed by atoms with E-state index in [1.165, 1.54) is 13.3 Å². The maximum atomic E-state index is 13.4. The topological polar surface area (TPSA) is 37.8 Å². The molecule has 2 unspecified atom stereocenters. The normalized spacial score (nSPS) is 13.9. The fraction of sp³-hybridized carbons (Fsp3) is 0.286. The van der Waals surface area contributed by atoms with E-state index in [0.717, 1.165) is 9.13 Å². The van der Waals surface area contributed by atoms with E-state index in [2.05, 4.69) is 37.9 Å². The minimum absolute atomic E-state index is 0.104. The molecule has 19 heavy (non-hydrogen) atoms. The number of anilines is 1. The molecule has 1 N–H and O–H groups in total. The summed E-state index contributed by atoms with van der Waals surface area (Å²) in [6.45, 7) is 3.53. The molecule has 3 nitrogen and oxygen atoms in total. The van der Waals surface area contributed by atoms with Gasteiger partial charge in [0.2, 0.25) is 0 Å². The van der Waals surface area contributed by atoms with E-state index in [9.17, 15) is 4.39 Å². The van der Waals surface area contributed by atoms with Crippen molar-refractivity contribution in [3.8, 4) is 0 Å². The lowest BCUT2D eigenvalue weighted by Crippen LogP contribution is -2.11. The van der Waals surface area contributed by atoms with Crippen molar-refractivity contribution in [3.63, 3.8) is 0 Å². The van der Waals surface area contributed by atoms with Gasteiger partial charge in [-0.2, -0.15) is 0 Å². The van der Waals surface area contributed by atoms with E-state index >= 15 is 0 Å². The molecular formula is C14H15FIN3. The summed E-state index contributed by atoms with van der Waals surface area (Å²) in [6, 6.07) is 10.2. The zero-order chi connectivity index (χ0) is 13.8. The molecule has 0 fully saturated rings. The van der Waals surface area contributed by atoms with E-state index in [1.807, 2.05) is 37.3 Å². The van der Waals surface area contributed by atoms with Gasteiger partial charge >= 0.3 is 0 Å². The molecule has 0 aliphatic carbocycles.